The van der Waals surface area contributed by atoms with Crippen molar-refractivity contribution in [1.29, 1.82) is 0 Å². The molecule has 2 rings (SSSR count). The third kappa shape index (κ3) is 5.33. The largest absolute Gasteiger partial charge is 0.496 e. The molecule has 2 aromatic carbocycles. The fourth-order valence-corrected chi connectivity index (χ4v) is 2.37. The second-order valence-electron chi connectivity index (χ2n) is 5.65. The molecule has 0 atom stereocenters. The molecule has 4 heteroatoms. The maximum atomic E-state index is 11.8. The summed E-state index contributed by atoms with van der Waals surface area (Å²) in [4.78, 5) is 11.8. The lowest BCUT2D eigenvalue weighted by Gasteiger charge is -2.10. The molecule has 0 heterocycles. The van der Waals surface area contributed by atoms with Gasteiger partial charge in [-0.05, 0) is 43.0 Å². The standard InChI is InChI=1S/C19H24N2O2/c1-14-4-6-16(7-5-14)10-11-20-19(22)21-13-17-8-9-18(23-3)15(2)12-17/h4-9,12H,10-11,13H2,1-3H3,(H2,20,21,22). The van der Waals surface area contributed by atoms with Crippen LogP contribution in [0, 0.1) is 13.8 Å². The van der Waals surface area contributed by atoms with Crippen LogP contribution in [-0.2, 0) is 13.0 Å². The summed E-state index contributed by atoms with van der Waals surface area (Å²) in [5.41, 5.74) is 4.58. The SMILES string of the molecule is COc1ccc(CNC(=O)NCCc2ccc(C)cc2)cc1C. The molecule has 0 radical (unpaired) electrons. The molecule has 0 fully saturated rings. The van der Waals surface area contributed by atoms with E-state index in [1.807, 2.05) is 25.1 Å². The first kappa shape index (κ1) is 16.9. The highest BCUT2D eigenvalue weighted by Crippen LogP contribution is 2.18. The molecule has 2 N–H and O–H groups in total. The fraction of sp³-hybridized carbons (Fsp3) is 0.316. The molecule has 2 amide bonds. The highest BCUT2D eigenvalue weighted by atomic mass is 16.5. The second kappa shape index (κ2) is 8.22. The van der Waals surface area contributed by atoms with Crippen molar-refractivity contribution in [2.75, 3.05) is 13.7 Å². The normalized spacial score (nSPS) is 10.2. The Morgan fingerprint density at radius 3 is 2.35 bits per heavy atom. The summed E-state index contributed by atoms with van der Waals surface area (Å²) in [6.45, 7) is 5.18. The third-order valence-electron chi connectivity index (χ3n) is 3.73. The van der Waals surface area contributed by atoms with Gasteiger partial charge in [0.2, 0.25) is 0 Å². The van der Waals surface area contributed by atoms with Crippen molar-refractivity contribution in [2.24, 2.45) is 0 Å². The number of nitrogens with one attached hydrogen (secondary N) is 2. The van der Waals surface area contributed by atoms with Crippen LogP contribution >= 0.6 is 0 Å². The summed E-state index contributed by atoms with van der Waals surface area (Å²) < 4.78 is 5.23. The van der Waals surface area contributed by atoms with Crippen LogP contribution in [0.1, 0.15) is 22.3 Å². The van der Waals surface area contributed by atoms with Gasteiger partial charge in [0.25, 0.3) is 0 Å². The van der Waals surface area contributed by atoms with Gasteiger partial charge in [-0.3, -0.25) is 0 Å². The summed E-state index contributed by atoms with van der Waals surface area (Å²) in [6, 6.07) is 14.1. The van der Waals surface area contributed by atoms with E-state index in [-0.39, 0.29) is 6.03 Å². The van der Waals surface area contributed by atoms with E-state index >= 15 is 0 Å². The van der Waals surface area contributed by atoms with Crippen molar-refractivity contribution in [3.63, 3.8) is 0 Å². The van der Waals surface area contributed by atoms with E-state index in [1.54, 1.807) is 7.11 Å². The Bertz CT molecular complexity index is 651. The van der Waals surface area contributed by atoms with Crippen molar-refractivity contribution in [3.05, 3.63) is 64.7 Å². The lowest BCUT2D eigenvalue weighted by molar-refractivity contribution is 0.240. The second-order valence-corrected chi connectivity index (χ2v) is 5.65. The average Bonchev–Trinajstić information content (AvgIpc) is 2.55. The van der Waals surface area contributed by atoms with Gasteiger partial charge in [0.15, 0.2) is 0 Å². The molecule has 0 unspecified atom stereocenters. The fourth-order valence-electron chi connectivity index (χ4n) is 2.37. The maximum Gasteiger partial charge on any atom is 0.315 e. The van der Waals surface area contributed by atoms with E-state index in [1.165, 1.54) is 11.1 Å². The zero-order valence-electron chi connectivity index (χ0n) is 14.0. The summed E-state index contributed by atoms with van der Waals surface area (Å²) >= 11 is 0. The number of carbonyl (C=O) groups is 1. The third-order valence-corrected chi connectivity index (χ3v) is 3.73. The zero-order valence-corrected chi connectivity index (χ0v) is 14.0. The van der Waals surface area contributed by atoms with Crippen LogP contribution in [-0.4, -0.2) is 19.7 Å². The maximum absolute atomic E-state index is 11.8. The van der Waals surface area contributed by atoms with Crippen LogP contribution in [0.15, 0.2) is 42.5 Å². The van der Waals surface area contributed by atoms with Crippen molar-refractivity contribution in [3.8, 4) is 5.75 Å². The lowest BCUT2D eigenvalue weighted by atomic mass is 10.1. The van der Waals surface area contributed by atoms with Gasteiger partial charge in [-0.15, -0.1) is 0 Å². The Kier molecular flexibility index (Phi) is 6.03. The van der Waals surface area contributed by atoms with Crippen molar-refractivity contribution in [2.45, 2.75) is 26.8 Å². The molecule has 0 aromatic heterocycles. The van der Waals surface area contributed by atoms with E-state index < -0.39 is 0 Å². The predicted octanol–water partition coefficient (Wildman–Crippen LogP) is 3.35. The lowest BCUT2D eigenvalue weighted by Crippen LogP contribution is -2.36. The predicted molar refractivity (Wildman–Crippen MR) is 92.9 cm³/mol. The topological polar surface area (TPSA) is 50.4 Å². The number of hydrogen-bond donors (Lipinski definition) is 2. The minimum absolute atomic E-state index is 0.148. The minimum atomic E-state index is -0.148. The number of carbonyl (C=O) groups excluding carboxylic acids is 1. The summed E-state index contributed by atoms with van der Waals surface area (Å²) in [6.07, 6.45) is 0.829. The number of aryl methyl sites for hydroxylation is 2. The zero-order chi connectivity index (χ0) is 16.7. The quantitative estimate of drug-likeness (QED) is 0.859. The summed E-state index contributed by atoms with van der Waals surface area (Å²) in [7, 11) is 1.65. The van der Waals surface area contributed by atoms with Gasteiger partial charge in [-0.2, -0.15) is 0 Å². The van der Waals surface area contributed by atoms with E-state index in [9.17, 15) is 4.79 Å². The first-order chi connectivity index (χ1) is 11.1. The Morgan fingerprint density at radius 2 is 1.70 bits per heavy atom. The molecule has 0 bridgehead atoms. The molecule has 0 spiro atoms. The summed E-state index contributed by atoms with van der Waals surface area (Å²) in [5.74, 6) is 0.858. The molecule has 0 aliphatic heterocycles. The van der Waals surface area contributed by atoms with Gasteiger partial charge < -0.3 is 15.4 Å². The number of urea groups is 1. The molecule has 0 aliphatic rings. The van der Waals surface area contributed by atoms with Gasteiger partial charge in [0, 0.05) is 13.1 Å². The number of amides is 2. The van der Waals surface area contributed by atoms with Crippen LogP contribution in [0.2, 0.25) is 0 Å². The van der Waals surface area contributed by atoms with Gasteiger partial charge >= 0.3 is 6.03 Å². The molecular formula is C19H24N2O2. The average molecular weight is 312 g/mol. The number of ether oxygens (including phenoxy) is 1. The van der Waals surface area contributed by atoms with E-state index in [2.05, 4.69) is 41.8 Å². The van der Waals surface area contributed by atoms with Gasteiger partial charge in [0.1, 0.15) is 5.75 Å². The first-order valence-corrected chi connectivity index (χ1v) is 7.79. The Hall–Kier alpha value is -2.49. The van der Waals surface area contributed by atoms with Crippen LogP contribution in [0.4, 0.5) is 4.79 Å². The molecule has 122 valence electrons. The van der Waals surface area contributed by atoms with E-state index in [0.717, 1.165) is 23.3 Å². The molecule has 0 aliphatic carbocycles. The molecule has 0 saturated heterocycles. The smallest absolute Gasteiger partial charge is 0.315 e. The summed E-state index contributed by atoms with van der Waals surface area (Å²) in [5, 5.41) is 5.75. The van der Waals surface area contributed by atoms with E-state index in [4.69, 9.17) is 4.74 Å². The molecule has 4 nitrogen and oxygen atoms in total. The molecular weight excluding hydrogens is 288 g/mol. The van der Waals surface area contributed by atoms with Crippen LogP contribution in [0.5, 0.6) is 5.75 Å². The minimum Gasteiger partial charge on any atom is -0.496 e. The Labute approximate surface area is 137 Å². The van der Waals surface area contributed by atoms with Crippen molar-refractivity contribution in [1.82, 2.24) is 10.6 Å². The number of rotatable bonds is 6. The van der Waals surface area contributed by atoms with Crippen molar-refractivity contribution >= 4 is 6.03 Å². The van der Waals surface area contributed by atoms with Crippen LogP contribution in [0.3, 0.4) is 0 Å². The number of hydrogen-bond acceptors (Lipinski definition) is 2. The first-order valence-electron chi connectivity index (χ1n) is 7.79. The van der Waals surface area contributed by atoms with Crippen LogP contribution in [0.25, 0.3) is 0 Å². The molecule has 2 aromatic rings. The van der Waals surface area contributed by atoms with Crippen molar-refractivity contribution < 1.29 is 9.53 Å². The van der Waals surface area contributed by atoms with Gasteiger partial charge in [0.05, 0.1) is 7.11 Å². The van der Waals surface area contributed by atoms with Crippen LogP contribution < -0.4 is 15.4 Å². The van der Waals surface area contributed by atoms with E-state index in [0.29, 0.717) is 13.1 Å². The Balaban J connectivity index is 1.72. The highest BCUT2D eigenvalue weighted by Gasteiger charge is 2.03. The molecule has 0 saturated carbocycles. The number of benzene rings is 2. The van der Waals surface area contributed by atoms with Gasteiger partial charge in [-0.25, -0.2) is 4.79 Å². The number of methoxy groups -OCH3 is 1. The molecule has 23 heavy (non-hydrogen) atoms. The van der Waals surface area contributed by atoms with Gasteiger partial charge in [-0.1, -0.05) is 42.0 Å². The Morgan fingerprint density at radius 1 is 1.00 bits per heavy atom. The monoisotopic (exact) mass is 312 g/mol. The highest BCUT2D eigenvalue weighted by molar-refractivity contribution is 5.73.